The van der Waals surface area contributed by atoms with Crippen molar-refractivity contribution in [2.45, 2.75) is 4.21 Å². The van der Waals surface area contributed by atoms with Crippen LogP contribution in [0.3, 0.4) is 0 Å². The van der Waals surface area contributed by atoms with Crippen LogP contribution in [-0.4, -0.2) is 24.5 Å². The van der Waals surface area contributed by atoms with Crippen molar-refractivity contribution >= 4 is 55.6 Å². The molecule has 0 aliphatic rings. The second kappa shape index (κ2) is 5.43. The Hall–Kier alpha value is -1.20. The summed E-state index contributed by atoms with van der Waals surface area (Å²) >= 11 is 2.86. The van der Waals surface area contributed by atoms with Crippen molar-refractivity contribution in [2.24, 2.45) is 0 Å². The Labute approximate surface area is 126 Å². The molecule has 2 rings (SSSR count). The number of carboxylic acid groups (broad SMARTS) is 1. The van der Waals surface area contributed by atoms with Crippen LogP contribution in [0.15, 0.2) is 34.0 Å². The number of nitrogens with zero attached hydrogens (tertiary/aromatic N) is 1. The summed E-state index contributed by atoms with van der Waals surface area (Å²) in [6.45, 7) is 0. The molecule has 19 heavy (non-hydrogen) atoms. The summed E-state index contributed by atoms with van der Waals surface area (Å²) in [6.07, 6.45) is 0. The quantitative estimate of drug-likeness (QED) is 0.754. The fourth-order valence-electron chi connectivity index (χ4n) is 1.29. The van der Waals surface area contributed by atoms with Gasteiger partial charge in [0.25, 0.3) is 10.0 Å². The molecule has 0 saturated carbocycles. The second-order valence-corrected chi connectivity index (χ2v) is 7.38. The van der Waals surface area contributed by atoms with Crippen LogP contribution in [0, 0.1) is 3.57 Å². The van der Waals surface area contributed by atoms with Crippen molar-refractivity contribution in [1.29, 1.82) is 0 Å². The Kier molecular flexibility index (Phi) is 4.06. The summed E-state index contributed by atoms with van der Waals surface area (Å²) in [6, 6.07) is 6.67. The minimum atomic E-state index is -3.94. The molecule has 0 atom stereocenters. The zero-order chi connectivity index (χ0) is 14.0. The van der Waals surface area contributed by atoms with E-state index in [0.717, 1.165) is 14.9 Å². The molecule has 1 heterocycles. The van der Waals surface area contributed by atoms with Crippen LogP contribution in [0.4, 0.5) is 5.69 Å². The molecule has 2 N–H and O–H groups in total. The topological polar surface area (TPSA) is 96.4 Å². The lowest BCUT2D eigenvalue weighted by Crippen LogP contribution is -2.15. The lowest BCUT2D eigenvalue weighted by Gasteiger charge is -2.06. The van der Waals surface area contributed by atoms with Gasteiger partial charge in [0.2, 0.25) is 0 Å². The average molecular weight is 410 g/mol. The first-order valence-corrected chi connectivity index (χ1v) is 8.29. The third kappa shape index (κ3) is 3.22. The molecule has 100 valence electrons. The highest BCUT2D eigenvalue weighted by Crippen LogP contribution is 2.23. The number of carboxylic acids is 1. The molecular weight excluding hydrogens is 403 g/mol. The highest BCUT2D eigenvalue weighted by atomic mass is 127. The monoisotopic (exact) mass is 410 g/mol. The van der Waals surface area contributed by atoms with Gasteiger partial charge in [0.15, 0.2) is 9.90 Å². The van der Waals surface area contributed by atoms with Crippen molar-refractivity contribution in [3.8, 4) is 0 Å². The van der Waals surface area contributed by atoms with Crippen LogP contribution in [0.2, 0.25) is 0 Å². The van der Waals surface area contributed by atoms with E-state index in [2.05, 4.69) is 32.3 Å². The molecule has 0 saturated heterocycles. The number of rotatable bonds is 4. The number of hydrogen-bond acceptors (Lipinski definition) is 5. The minimum absolute atomic E-state index is 0.307. The van der Waals surface area contributed by atoms with Gasteiger partial charge in [-0.2, -0.15) is 0 Å². The molecular formula is C10H7IN2O4S2. The van der Waals surface area contributed by atoms with Gasteiger partial charge in [-0.3, -0.25) is 4.72 Å². The largest absolute Gasteiger partial charge is 0.476 e. The molecule has 0 fully saturated rings. The number of anilines is 1. The number of carbonyl (C=O) groups is 1. The average Bonchev–Trinajstić information content (AvgIpc) is 2.82. The van der Waals surface area contributed by atoms with Crippen molar-refractivity contribution in [3.63, 3.8) is 0 Å². The number of sulfonamides is 1. The van der Waals surface area contributed by atoms with E-state index >= 15 is 0 Å². The predicted octanol–water partition coefficient (Wildman–Crippen LogP) is 2.25. The second-order valence-electron chi connectivity index (χ2n) is 3.41. The Morgan fingerprint density at radius 1 is 1.32 bits per heavy atom. The van der Waals surface area contributed by atoms with E-state index in [1.165, 1.54) is 5.51 Å². The fraction of sp³-hybridized carbons (Fsp3) is 0. The Balaban J connectivity index is 2.35. The van der Waals surface area contributed by atoms with Crippen molar-refractivity contribution < 1.29 is 18.3 Å². The van der Waals surface area contributed by atoms with Crippen molar-refractivity contribution in [1.82, 2.24) is 4.98 Å². The van der Waals surface area contributed by atoms with E-state index in [1.54, 1.807) is 24.3 Å². The van der Waals surface area contributed by atoms with E-state index in [0.29, 0.717) is 5.69 Å². The van der Waals surface area contributed by atoms with Gasteiger partial charge in [-0.25, -0.2) is 18.2 Å². The van der Waals surface area contributed by atoms with Gasteiger partial charge >= 0.3 is 5.97 Å². The van der Waals surface area contributed by atoms with Crippen LogP contribution in [-0.2, 0) is 10.0 Å². The Morgan fingerprint density at radius 2 is 1.95 bits per heavy atom. The van der Waals surface area contributed by atoms with Gasteiger partial charge in [0.1, 0.15) is 0 Å². The van der Waals surface area contributed by atoms with Gasteiger partial charge in [0, 0.05) is 9.26 Å². The summed E-state index contributed by atoms with van der Waals surface area (Å²) in [7, 11) is -3.94. The number of nitrogens with one attached hydrogen (secondary N) is 1. The third-order valence-electron chi connectivity index (χ3n) is 2.08. The van der Waals surface area contributed by atoms with Crippen LogP contribution >= 0.6 is 33.9 Å². The van der Waals surface area contributed by atoms with Gasteiger partial charge in [-0.05, 0) is 46.9 Å². The van der Waals surface area contributed by atoms with Crippen LogP contribution < -0.4 is 4.72 Å². The molecule has 0 aliphatic heterocycles. The first-order chi connectivity index (χ1) is 8.90. The molecule has 0 spiro atoms. The molecule has 1 aromatic heterocycles. The summed E-state index contributed by atoms with van der Waals surface area (Å²) in [5.41, 5.74) is 1.08. The van der Waals surface area contributed by atoms with E-state index < -0.39 is 21.7 Å². The zero-order valence-corrected chi connectivity index (χ0v) is 13.0. The van der Waals surface area contributed by atoms with Crippen LogP contribution in [0.5, 0.6) is 0 Å². The molecule has 0 bridgehead atoms. The van der Waals surface area contributed by atoms with E-state index in [-0.39, 0.29) is 4.21 Å². The summed E-state index contributed by atoms with van der Waals surface area (Å²) in [5, 5.41) is 8.87. The maximum absolute atomic E-state index is 12.1. The molecule has 0 aliphatic carbocycles. The number of benzene rings is 1. The number of aromatic carboxylic acids is 1. The summed E-state index contributed by atoms with van der Waals surface area (Å²) in [5.74, 6) is -1.37. The predicted molar refractivity (Wildman–Crippen MR) is 79.0 cm³/mol. The molecule has 6 nitrogen and oxygen atoms in total. The van der Waals surface area contributed by atoms with Gasteiger partial charge in [0.05, 0.1) is 5.51 Å². The number of hydrogen-bond donors (Lipinski definition) is 2. The smallest absolute Gasteiger partial charge is 0.356 e. The molecule has 0 unspecified atom stereocenters. The Bertz CT molecular complexity index is 709. The Morgan fingerprint density at radius 3 is 2.53 bits per heavy atom. The first kappa shape index (κ1) is 14.2. The molecule has 9 heteroatoms. The zero-order valence-electron chi connectivity index (χ0n) is 9.20. The minimum Gasteiger partial charge on any atom is -0.476 e. The van der Waals surface area contributed by atoms with Crippen molar-refractivity contribution in [3.05, 3.63) is 39.0 Å². The molecule has 2 aromatic rings. The van der Waals surface area contributed by atoms with E-state index in [1.807, 2.05) is 0 Å². The maximum Gasteiger partial charge on any atom is 0.356 e. The summed E-state index contributed by atoms with van der Waals surface area (Å²) < 4.78 is 27.1. The normalized spacial score (nSPS) is 11.2. The first-order valence-electron chi connectivity index (χ1n) is 4.85. The molecule has 1 aromatic carbocycles. The molecule has 0 amide bonds. The third-order valence-corrected chi connectivity index (χ3v) is 5.55. The highest BCUT2D eigenvalue weighted by molar-refractivity contribution is 14.1. The van der Waals surface area contributed by atoms with Crippen molar-refractivity contribution in [2.75, 3.05) is 4.72 Å². The lowest BCUT2D eigenvalue weighted by atomic mass is 10.3. The molecule has 0 radical (unpaired) electrons. The van der Waals surface area contributed by atoms with Gasteiger partial charge in [-0.1, -0.05) is 0 Å². The number of aromatic nitrogens is 1. The van der Waals surface area contributed by atoms with Gasteiger partial charge < -0.3 is 5.11 Å². The van der Waals surface area contributed by atoms with E-state index in [4.69, 9.17) is 5.11 Å². The van der Waals surface area contributed by atoms with E-state index in [9.17, 15) is 13.2 Å². The number of thiazole rings is 1. The van der Waals surface area contributed by atoms with Crippen LogP contribution in [0.1, 0.15) is 10.5 Å². The standard InChI is InChI=1S/C10H7IN2O4S2/c11-6-1-3-7(4-2-6)13-19(16,17)10-8(9(14)15)12-5-18-10/h1-5,13H,(H,14,15). The number of halogens is 1. The summed E-state index contributed by atoms with van der Waals surface area (Å²) in [4.78, 5) is 14.4. The highest BCUT2D eigenvalue weighted by Gasteiger charge is 2.25. The fourth-order valence-corrected chi connectivity index (χ4v) is 3.85. The van der Waals surface area contributed by atoms with Gasteiger partial charge in [-0.15, -0.1) is 11.3 Å². The van der Waals surface area contributed by atoms with Crippen LogP contribution in [0.25, 0.3) is 0 Å². The SMILES string of the molecule is O=C(O)c1ncsc1S(=O)(=O)Nc1ccc(I)cc1. The maximum atomic E-state index is 12.1. The lowest BCUT2D eigenvalue weighted by molar-refractivity contribution is 0.0687.